The number of nitrogens with zero attached hydrogens (tertiary/aromatic N) is 1. The molecule has 44 heavy (non-hydrogen) atoms. The fraction of sp³-hybridized carbons (Fsp3) is 0.622. The second kappa shape index (κ2) is 14.4. The molecule has 1 atom stereocenters. The molecule has 2 fully saturated rings. The highest BCUT2D eigenvalue weighted by atomic mass is 16.5. The van der Waals surface area contributed by atoms with Gasteiger partial charge in [0.2, 0.25) is 5.91 Å². The summed E-state index contributed by atoms with van der Waals surface area (Å²) in [6.07, 6.45) is 6.03. The molecule has 242 valence electrons. The maximum atomic E-state index is 13.8. The monoisotopic (exact) mass is 607 g/mol. The van der Waals surface area contributed by atoms with Crippen molar-refractivity contribution < 1.29 is 28.5 Å². The summed E-state index contributed by atoms with van der Waals surface area (Å²) in [5, 5.41) is 0. The van der Waals surface area contributed by atoms with Gasteiger partial charge in [-0.3, -0.25) is 9.59 Å². The van der Waals surface area contributed by atoms with Crippen LogP contribution in [0, 0.1) is 11.3 Å². The Hall–Kier alpha value is -3.06. The fourth-order valence-electron chi connectivity index (χ4n) is 6.86. The second-order valence-electron chi connectivity index (χ2n) is 14.3. The van der Waals surface area contributed by atoms with Crippen LogP contribution in [0.3, 0.4) is 0 Å². The minimum absolute atomic E-state index is 0.0143. The molecule has 0 radical (unpaired) electrons. The molecule has 1 heterocycles. The van der Waals surface area contributed by atoms with Crippen molar-refractivity contribution in [2.45, 2.75) is 110 Å². The largest absolute Gasteiger partial charge is 0.497 e. The first-order chi connectivity index (χ1) is 20.8. The maximum absolute atomic E-state index is 13.8. The van der Waals surface area contributed by atoms with E-state index in [9.17, 15) is 9.59 Å². The number of benzene rings is 2. The molecule has 4 rings (SSSR count). The van der Waals surface area contributed by atoms with Crippen molar-refractivity contribution in [2.24, 2.45) is 11.3 Å². The van der Waals surface area contributed by atoms with E-state index in [2.05, 4.69) is 38.1 Å². The number of hydrogen-bond donors (Lipinski definition) is 0. The van der Waals surface area contributed by atoms with Gasteiger partial charge in [0.25, 0.3) is 0 Å². The van der Waals surface area contributed by atoms with E-state index in [0.717, 1.165) is 62.0 Å². The Bertz CT molecular complexity index is 1220. The van der Waals surface area contributed by atoms with Gasteiger partial charge in [-0.25, -0.2) is 0 Å². The predicted molar refractivity (Wildman–Crippen MR) is 173 cm³/mol. The van der Waals surface area contributed by atoms with Gasteiger partial charge in [0.1, 0.15) is 11.5 Å². The zero-order chi connectivity index (χ0) is 32.0. The van der Waals surface area contributed by atoms with Crippen molar-refractivity contribution >= 4 is 11.9 Å². The molecule has 1 amide bonds. The Morgan fingerprint density at radius 2 is 1.59 bits per heavy atom. The Kier molecular flexibility index (Phi) is 11.0. The van der Waals surface area contributed by atoms with E-state index in [1.165, 1.54) is 5.56 Å². The third-order valence-electron chi connectivity index (χ3n) is 9.22. The molecule has 7 heteroatoms. The van der Waals surface area contributed by atoms with Crippen LogP contribution in [0.2, 0.25) is 0 Å². The second-order valence-corrected chi connectivity index (χ2v) is 14.3. The zero-order valence-electron chi connectivity index (χ0n) is 27.9. The summed E-state index contributed by atoms with van der Waals surface area (Å²) in [6.45, 7) is 14.5. The van der Waals surface area contributed by atoms with Crippen molar-refractivity contribution in [3.63, 3.8) is 0 Å². The lowest BCUT2D eigenvalue weighted by Crippen LogP contribution is -2.47. The van der Waals surface area contributed by atoms with Crippen LogP contribution in [0.15, 0.2) is 48.5 Å². The van der Waals surface area contributed by atoms with Crippen molar-refractivity contribution in [1.82, 2.24) is 4.90 Å². The molecular formula is C37H53NO6. The Labute approximate surface area is 264 Å². The quantitative estimate of drug-likeness (QED) is 0.247. The molecule has 2 aliphatic rings. The van der Waals surface area contributed by atoms with Crippen LogP contribution in [0.25, 0.3) is 0 Å². The minimum Gasteiger partial charge on any atom is -0.497 e. The zero-order valence-corrected chi connectivity index (χ0v) is 27.9. The Morgan fingerprint density at radius 3 is 2.16 bits per heavy atom. The number of ether oxygens (including phenoxy) is 4. The fourth-order valence-corrected chi connectivity index (χ4v) is 6.86. The molecule has 0 unspecified atom stereocenters. The van der Waals surface area contributed by atoms with Gasteiger partial charge in [-0.05, 0) is 101 Å². The predicted octanol–water partition coefficient (Wildman–Crippen LogP) is 7.49. The average Bonchev–Trinajstić information content (AvgIpc) is 2.99. The van der Waals surface area contributed by atoms with Gasteiger partial charge < -0.3 is 23.8 Å². The average molecular weight is 608 g/mol. The van der Waals surface area contributed by atoms with Gasteiger partial charge in [0.05, 0.1) is 31.3 Å². The van der Waals surface area contributed by atoms with Crippen molar-refractivity contribution in [3.8, 4) is 11.5 Å². The van der Waals surface area contributed by atoms with Crippen molar-refractivity contribution in [1.29, 1.82) is 0 Å². The van der Waals surface area contributed by atoms with Gasteiger partial charge in [-0.1, -0.05) is 45.0 Å². The van der Waals surface area contributed by atoms with Crippen molar-refractivity contribution in [2.75, 3.05) is 26.9 Å². The van der Waals surface area contributed by atoms with Crippen LogP contribution in [-0.4, -0.2) is 55.3 Å². The normalized spacial score (nSPS) is 23.4. The van der Waals surface area contributed by atoms with E-state index in [0.29, 0.717) is 26.3 Å². The number of rotatable bonds is 11. The summed E-state index contributed by atoms with van der Waals surface area (Å²) in [4.78, 5) is 27.9. The van der Waals surface area contributed by atoms with Crippen LogP contribution in [0.4, 0.5) is 0 Å². The smallest absolute Gasteiger partial charge is 0.308 e. The number of amides is 1. The molecule has 1 saturated carbocycles. The van der Waals surface area contributed by atoms with E-state index in [1.54, 1.807) is 7.11 Å². The highest BCUT2D eigenvalue weighted by Gasteiger charge is 2.43. The van der Waals surface area contributed by atoms with E-state index >= 15 is 0 Å². The van der Waals surface area contributed by atoms with Gasteiger partial charge in [0.15, 0.2) is 0 Å². The topological polar surface area (TPSA) is 74.3 Å². The summed E-state index contributed by atoms with van der Waals surface area (Å²) in [5.74, 6) is 1.72. The lowest BCUT2D eigenvalue weighted by molar-refractivity contribution is -0.149. The van der Waals surface area contributed by atoms with Crippen molar-refractivity contribution in [3.05, 3.63) is 59.7 Å². The maximum Gasteiger partial charge on any atom is 0.308 e. The third-order valence-corrected chi connectivity index (χ3v) is 9.22. The van der Waals surface area contributed by atoms with E-state index in [4.69, 9.17) is 18.9 Å². The van der Waals surface area contributed by atoms with Gasteiger partial charge >= 0.3 is 5.97 Å². The molecular weight excluding hydrogens is 554 g/mol. The van der Waals surface area contributed by atoms with E-state index in [1.807, 2.05) is 56.9 Å². The summed E-state index contributed by atoms with van der Waals surface area (Å²) >= 11 is 0. The summed E-state index contributed by atoms with van der Waals surface area (Å²) in [5.41, 5.74) is 1.51. The Morgan fingerprint density at radius 1 is 0.955 bits per heavy atom. The van der Waals surface area contributed by atoms with Crippen LogP contribution in [0.1, 0.15) is 97.6 Å². The number of carbonyl (C=O) groups is 2. The van der Waals surface area contributed by atoms with Crippen LogP contribution < -0.4 is 9.47 Å². The van der Waals surface area contributed by atoms with Gasteiger partial charge in [-0.15, -0.1) is 0 Å². The first-order valence-electron chi connectivity index (χ1n) is 16.3. The highest BCUT2D eigenvalue weighted by molar-refractivity contribution is 5.81. The van der Waals surface area contributed by atoms with Gasteiger partial charge in [-0.2, -0.15) is 0 Å². The minimum atomic E-state index is -0.492. The molecule has 1 aliphatic heterocycles. The standard InChI is InChI=1S/C37H53NO6/c1-8-42-33(39)28-11-17-32(18-12-28)44-31-15-9-27(10-16-31)25-38(34(40)35(2,3)4)23-21-37(22-24-43-36(5,6)26-37)29-13-19-30(41-7)20-14-29/h9-10,13-16,19-20,28,32H,8,11-12,17-18,21-26H2,1-7H3/t28-,32-,37-/m1/s1. The molecule has 2 aromatic carbocycles. The number of esters is 1. The SMILES string of the molecule is CCOC(=O)[C@H]1CC[C@H](Oc2ccc(CN(CC[C@@]3(c4ccc(OC)cc4)CCOC(C)(C)C3)C(=O)C(C)(C)C)cc2)CC1. The molecule has 0 spiro atoms. The molecule has 7 nitrogen and oxygen atoms in total. The summed E-state index contributed by atoms with van der Waals surface area (Å²) in [7, 11) is 1.69. The number of carbonyl (C=O) groups excluding carboxylic acids is 2. The molecule has 2 aromatic rings. The first kappa shape index (κ1) is 33.8. The molecule has 1 saturated heterocycles. The molecule has 1 aliphatic carbocycles. The Balaban J connectivity index is 1.45. The lowest BCUT2D eigenvalue weighted by Gasteiger charge is -2.46. The van der Waals surface area contributed by atoms with Crippen LogP contribution >= 0.6 is 0 Å². The summed E-state index contributed by atoms with van der Waals surface area (Å²) < 4.78 is 23.1. The summed E-state index contributed by atoms with van der Waals surface area (Å²) in [6, 6.07) is 16.6. The van der Waals surface area contributed by atoms with Crippen LogP contribution in [0.5, 0.6) is 11.5 Å². The molecule has 0 N–H and O–H groups in total. The lowest BCUT2D eigenvalue weighted by atomic mass is 9.67. The number of hydrogen-bond acceptors (Lipinski definition) is 6. The van der Waals surface area contributed by atoms with E-state index in [-0.39, 0.29) is 34.9 Å². The molecule has 0 bridgehead atoms. The van der Waals surface area contributed by atoms with Gasteiger partial charge in [0, 0.05) is 30.5 Å². The van der Waals surface area contributed by atoms with Crippen LogP contribution in [-0.2, 0) is 31.0 Å². The molecule has 0 aromatic heterocycles. The highest BCUT2D eigenvalue weighted by Crippen LogP contribution is 2.45. The first-order valence-corrected chi connectivity index (χ1v) is 16.3. The van der Waals surface area contributed by atoms with E-state index < -0.39 is 5.41 Å². The third kappa shape index (κ3) is 8.77. The number of methoxy groups -OCH3 is 1.